The Morgan fingerprint density at radius 1 is 1.00 bits per heavy atom. The van der Waals surface area contributed by atoms with Gasteiger partial charge in [0.05, 0.1) is 0 Å². The van der Waals surface area contributed by atoms with Gasteiger partial charge in [0.2, 0.25) is 0 Å². The lowest BCUT2D eigenvalue weighted by atomic mass is 9.79. The lowest BCUT2D eigenvalue weighted by Crippen LogP contribution is -2.52. The van der Waals surface area contributed by atoms with Crippen LogP contribution in [0.3, 0.4) is 0 Å². The normalized spacial score (nSPS) is 35.9. The van der Waals surface area contributed by atoms with Crippen molar-refractivity contribution in [3.05, 3.63) is 35.9 Å². The van der Waals surface area contributed by atoms with E-state index in [9.17, 15) is 0 Å². The second kappa shape index (κ2) is 6.28. The molecule has 1 heterocycles. The third-order valence-electron chi connectivity index (χ3n) is 5.09. The summed E-state index contributed by atoms with van der Waals surface area (Å²) in [6, 6.07) is 12.4. The van der Waals surface area contributed by atoms with Crippen molar-refractivity contribution in [2.24, 2.45) is 11.8 Å². The van der Waals surface area contributed by atoms with Crippen molar-refractivity contribution in [1.82, 2.24) is 10.2 Å². The molecule has 110 valence electrons. The van der Waals surface area contributed by atoms with Crippen LogP contribution in [0.4, 0.5) is 0 Å². The summed E-state index contributed by atoms with van der Waals surface area (Å²) < 4.78 is 0. The van der Waals surface area contributed by atoms with Gasteiger partial charge in [-0.25, -0.2) is 0 Å². The highest BCUT2D eigenvalue weighted by Gasteiger charge is 2.34. The molecule has 1 aromatic rings. The summed E-state index contributed by atoms with van der Waals surface area (Å²) in [6.07, 6.45) is 4.18. The summed E-state index contributed by atoms with van der Waals surface area (Å²) in [6.45, 7) is 8.31. The SMILES string of the molecule is CC1CC(C)CC(N2CCNCC2c2ccccc2)C1. The van der Waals surface area contributed by atoms with E-state index in [1.54, 1.807) is 0 Å². The van der Waals surface area contributed by atoms with Gasteiger partial charge >= 0.3 is 0 Å². The highest BCUT2D eigenvalue weighted by Crippen LogP contribution is 2.35. The summed E-state index contributed by atoms with van der Waals surface area (Å²) in [4.78, 5) is 2.79. The number of nitrogens with one attached hydrogen (secondary N) is 1. The number of benzene rings is 1. The molecule has 1 aliphatic carbocycles. The van der Waals surface area contributed by atoms with Crippen molar-refractivity contribution in [3.8, 4) is 0 Å². The predicted molar refractivity (Wildman–Crippen MR) is 84.7 cm³/mol. The average molecular weight is 272 g/mol. The third kappa shape index (κ3) is 3.07. The number of hydrogen-bond donors (Lipinski definition) is 1. The molecule has 0 amide bonds. The van der Waals surface area contributed by atoms with Gasteiger partial charge in [-0.2, -0.15) is 0 Å². The fourth-order valence-electron chi connectivity index (χ4n) is 4.32. The second-order valence-electron chi connectivity index (χ2n) is 6.94. The lowest BCUT2D eigenvalue weighted by molar-refractivity contribution is 0.0538. The molecule has 3 rings (SSSR count). The van der Waals surface area contributed by atoms with Crippen LogP contribution in [0.15, 0.2) is 30.3 Å². The summed E-state index contributed by atoms with van der Waals surface area (Å²) in [5, 5.41) is 3.58. The standard InChI is InChI=1S/C18H28N2/c1-14-10-15(2)12-17(11-14)20-9-8-19-13-18(20)16-6-4-3-5-7-16/h3-7,14-15,17-19H,8-13H2,1-2H3. The van der Waals surface area contributed by atoms with Crippen molar-refractivity contribution < 1.29 is 0 Å². The van der Waals surface area contributed by atoms with Crippen LogP contribution in [-0.4, -0.2) is 30.6 Å². The van der Waals surface area contributed by atoms with Gasteiger partial charge in [-0.15, -0.1) is 0 Å². The third-order valence-corrected chi connectivity index (χ3v) is 5.09. The molecule has 0 radical (unpaired) electrons. The predicted octanol–water partition coefficient (Wildman–Crippen LogP) is 3.46. The zero-order valence-corrected chi connectivity index (χ0v) is 12.9. The van der Waals surface area contributed by atoms with Crippen molar-refractivity contribution in [3.63, 3.8) is 0 Å². The minimum Gasteiger partial charge on any atom is -0.314 e. The molecule has 2 fully saturated rings. The Hall–Kier alpha value is -0.860. The van der Waals surface area contributed by atoms with E-state index in [1.807, 2.05) is 0 Å². The van der Waals surface area contributed by atoms with Crippen LogP contribution in [0.1, 0.15) is 44.7 Å². The Morgan fingerprint density at radius 3 is 2.40 bits per heavy atom. The number of nitrogens with zero attached hydrogens (tertiary/aromatic N) is 1. The van der Waals surface area contributed by atoms with Crippen LogP contribution in [0.5, 0.6) is 0 Å². The van der Waals surface area contributed by atoms with Gasteiger partial charge in [-0.3, -0.25) is 4.90 Å². The maximum atomic E-state index is 3.58. The quantitative estimate of drug-likeness (QED) is 0.887. The van der Waals surface area contributed by atoms with E-state index in [4.69, 9.17) is 0 Å². The van der Waals surface area contributed by atoms with E-state index in [-0.39, 0.29) is 0 Å². The first-order valence-electron chi connectivity index (χ1n) is 8.25. The first-order chi connectivity index (χ1) is 9.74. The van der Waals surface area contributed by atoms with Gasteiger partial charge in [0.25, 0.3) is 0 Å². The van der Waals surface area contributed by atoms with Crippen molar-refractivity contribution >= 4 is 0 Å². The second-order valence-corrected chi connectivity index (χ2v) is 6.94. The van der Waals surface area contributed by atoms with E-state index < -0.39 is 0 Å². The van der Waals surface area contributed by atoms with Crippen LogP contribution in [0.2, 0.25) is 0 Å². The van der Waals surface area contributed by atoms with Gasteiger partial charge in [0, 0.05) is 31.7 Å². The summed E-state index contributed by atoms with van der Waals surface area (Å²) in [7, 11) is 0. The fraction of sp³-hybridized carbons (Fsp3) is 0.667. The van der Waals surface area contributed by atoms with Gasteiger partial charge in [0.1, 0.15) is 0 Å². The molecule has 1 saturated heterocycles. The van der Waals surface area contributed by atoms with Crippen LogP contribution < -0.4 is 5.32 Å². The van der Waals surface area contributed by atoms with Crippen LogP contribution in [-0.2, 0) is 0 Å². The van der Waals surface area contributed by atoms with Gasteiger partial charge in [-0.05, 0) is 36.7 Å². The van der Waals surface area contributed by atoms with Gasteiger partial charge < -0.3 is 5.32 Å². The Kier molecular flexibility index (Phi) is 4.42. The van der Waals surface area contributed by atoms with Crippen molar-refractivity contribution in [2.45, 2.75) is 45.2 Å². The van der Waals surface area contributed by atoms with E-state index in [0.29, 0.717) is 6.04 Å². The van der Waals surface area contributed by atoms with Crippen LogP contribution in [0, 0.1) is 11.8 Å². The zero-order chi connectivity index (χ0) is 13.9. The van der Waals surface area contributed by atoms with E-state index >= 15 is 0 Å². The molecule has 1 N–H and O–H groups in total. The van der Waals surface area contributed by atoms with E-state index in [1.165, 1.54) is 31.4 Å². The Balaban J connectivity index is 1.78. The minimum absolute atomic E-state index is 0.562. The molecule has 0 aromatic heterocycles. The highest BCUT2D eigenvalue weighted by molar-refractivity contribution is 5.20. The number of piperazine rings is 1. The maximum Gasteiger partial charge on any atom is 0.0476 e. The summed E-state index contributed by atoms with van der Waals surface area (Å²) >= 11 is 0. The number of rotatable bonds is 2. The fourth-order valence-corrected chi connectivity index (χ4v) is 4.32. The number of hydrogen-bond acceptors (Lipinski definition) is 2. The molecule has 1 aliphatic heterocycles. The highest BCUT2D eigenvalue weighted by atomic mass is 15.2. The first kappa shape index (κ1) is 14.1. The molecular weight excluding hydrogens is 244 g/mol. The van der Waals surface area contributed by atoms with Gasteiger partial charge in [-0.1, -0.05) is 44.2 Å². The van der Waals surface area contributed by atoms with E-state index in [0.717, 1.165) is 31.0 Å². The largest absolute Gasteiger partial charge is 0.314 e. The summed E-state index contributed by atoms with van der Waals surface area (Å²) in [5.41, 5.74) is 1.48. The van der Waals surface area contributed by atoms with Crippen LogP contribution >= 0.6 is 0 Å². The van der Waals surface area contributed by atoms with Crippen molar-refractivity contribution in [1.29, 1.82) is 0 Å². The van der Waals surface area contributed by atoms with E-state index in [2.05, 4.69) is 54.4 Å². The molecule has 2 nitrogen and oxygen atoms in total. The average Bonchev–Trinajstić information content (AvgIpc) is 2.47. The summed E-state index contributed by atoms with van der Waals surface area (Å²) in [5.74, 6) is 1.77. The Morgan fingerprint density at radius 2 is 1.70 bits per heavy atom. The monoisotopic (exact) mass is 272 g/mol. The molecular formula is C18H28N2. The maximum absolute atomic E-state index is 3.58. The first-order valence-corrected chi connectivity index (χ1v) is 8.25. The smallest absolute Gasteiger partial charge is 0.0476 e. The molecule has 0 spiro atoms. The molecule has 3 atom stereocenters. The molecule has 1 saturated carbocycles. The zero-order valence-electron chi connectivity index (χ0n) is 12.9. The molecule has 0 bridgehead atoms. The topological polar surface area (TPSA) is 15.3 Å². The lowest BCUT2D eigenvalue weighted by Gasteiger charge is -2.45. The Labute approximate surface area is 123 Å². The van der Waals surface area contributed by atoms with Crippen LogP contribution in [0.25, 0.3) is 0 Å². The molecule has 1 aromatic carbocycles. The van der Waals surface area contributed by atoms with Crippen molar-refractivity contribution in [2.75, 3.05) is 19.6 Å². The minimum atomic E-state index is 0.562. The molecule has 2 aliphatic rings. The molecule has 20 heavy (non-hydrogen) atoms. The molecule has 3 unspecified atom stereocenters. The Bertz CT molecular complexity index is 407. The van der Waals surface area contributed by atoms with Gasteiger partial charge in [0.15, 0.2) is 0 Å². The molecule has 2 heteroatoms.